The number of primary amides is 1. The molecule has 11 bridgehead atoms. The number of carbonyl (C=O) groups is 9. The molecule has 7 aromatic carbocycles. The van der Waals surface area contributed by atoms with Gasteiger partial charge >= 0.3 is 11.9 Å². The summed E-state index contributed by atoms with van der Waals surface area (Å²) in [6, 6.07) is 13.5. The number of hydrogen-bond acceptors (Lipinski definition) is 28. The lowest BCUT2D eigenvalue weighted by atomic mass is 9.84. The van der Waals surface area contributed by atoms with Crippen molar-refractivity contribution in [3.8, 4) is 68.2 Å². The number of amides is 7. The monoisotopic (exact) mass is 1750 g/mol. The second kappa shape index (κ2) is 38.2. The number of ether oxygens (including phenoxy) is 8. The largest absolute Gasteiger partial charge is 0.508 e. The van der Waals surface area contributed by atoms with Crippen LogP contribution in [0.5, 0.6) is 46.0 Å². The highest BCUT2D eigenvalue weighted by atomic mass is 35.5. The third kappa shape index (κ3) is 20.0. The first kappa shape index (κ1) is 90.2. The second-order valence-electron chi connectivity index (χ2n) is 30.5. The smallest absolute Gasteiger partial charge is 0.336 e. The number of benzene rings is 7. The van der Waals surface area contributed by atoms with Crippen LogP contribution in [-0.4, -0.2) is 217 Å². The summed E-state index contributed by atoms with van der Waals surface area (Å²) in [4.78, 5) is 132. The van der Waals surface area contributed by atoms with Gasteiger partial charge in [-0.3, -0.25) is 33.6 Å². The van der Waals surface area contributed by atoms with Gasteiger partial charge in [0.2, 0.25) is 53.4 Å². The molecule has 36 nitrogen and oxygen atoms in total. The summed E-state index contributed by atoms with van der Waals surface area (Å²) in [5.74, 6) is -17.2. The van der Waals surface area contributed by atoms with E-state index in [1.54, 1.807) is 19.1 Å². The summed E-state index contributed by atoms with van der Waals surface area (Å²) in [7, 11) is 2.63. The average molecular weight is 1750 g/mol. The van der Waals surface area contributed by atoms with Crippen LogP contribution in [0, 0.1) is 5.92 Å². The predicted octanol–water partition coefficient (Wildman–Crippen LogP) is 3.82. The standard InChI is InChI=1S/C83H90Cl3N9O27/c1-34(2)21-49(88-5)74(106)94-65-67(101)40-14-19-53(47(85)23-40)118-55-25-42-26-56(71(55)122-82-72(70(104)69(103)58(32-96)120-82)121-60-30-83(4,73(105)35(3)117-60)89-31-57(81(114)115-6)116-33-36-7-9-37(10-8-36)38-11-16-43(84)17-12-38)119-54-20-15-41(24-48(54)86)68(102)66-79(111)93-64(80(112)113)46-27-44(97)28-52(99)61(46)45-22-39(13-18-51(45)98)62(76(108)95-66)92-77(109)63(42)91-75(107)50(29-59(87)100)90-78(65)110/h7-20,22-28,34-35,49-50,57-58,60,62-70,72-73,82,88-89,96-99,101-105H,21,29-33H2,1-6H3,(H2,87,100)(H,90,110)(H,91,107)(H,92,109)(H,93,111)(H,94,106)(H,95,108)(H,112,113)/t35?,49-,50+,57?,58?,60?,62?,63-,64-,65?,66+,67-,68-,69?,70?,72?,73?,82?,83?/m1/s1. The minimum absolute atomic E-state index is 0.0750. The van der Waals surface area contributed by atoms with Gasteiger partial charge in [0.05, 0.1) is 55.0 Å². The lowest BCUT2D eigenvalue weighted by Gasteiger charge is -2.48. The Morgan fingerprint density at radius 3 is 1.88 bits per heavy atom. The van der Waals surface area contributed by atoms with E-state index in [-0.39, 0.29) is 54.4 Å². The maximum absolute atomic E-state index is 16.2. The number of aromatic hydroxyl groups is 3. The Hall–Kier alpha value is -11.0. The number of nitrogens with two attached hydrogens (primary N) is 1. The summed E-state index contributed by atoms with van der Waals surface area (Å²) >= 11 is 20.4. The molecule has 0 radical (unpaired) electrons. The summed E-state index contributed by atoms with van der Waals surface area (Å²) in [5, 5.41) is 137. The van der Waals surface area contributed by atoms with Crippen LogP contribution in [0.4, 0.5) is 0 Å². The zero-order valence-electron chi connectivity index (χ0n) is 66.0. The minimum Gasteiger partial charge on any atom is -0.508 e. The van der Waals surface area contributed by atoms with E-state index in [4.69, 9.17) is 78.4 Å². The molecule has 0 spiro atoms. The number of fused-ring (bicyclic) bond motifs is 15. The minimum atomic E-state index is -2.40. The normalized spacial score (nSPS) is 26.6. The predicted molar refractivity (Wildman–Crippen MR) is 431 cm³/mol. The molecule has 7 aliphatic heterocycles. The Balaban J connectivity index is 1.01. The van der Waals surface area contributed by atoms with Crippen molar-refractivity contribution in [1.82, 2.24) is 42.5 Å². The SMILES string of the molecule is CN[C@H](CC(C)C)C(=O)NC1C(=O)N[C@@H](CC(N)=O)C(=O)N[C@H]2C(=O)NC3C(=O)N[C@H](C(=O)N[C@@H](C(=O)O)c4cc(O)cc(O)c4-c4cc3ccc4O)[C@H](O)c3ccc(c(Cl)c3)Oc3cc2cc(c3OC2OC(CO)C(O)C(O)C2OC2CC(C)(NCC(OCc3ccc(-c4ccc(Cl)cc4)cc3)C(=O)OC)C(O)C(C)O2)Oc2ccc(cc2Cl)[C@H]1O. The molecule has 0 saturated carbocycles. The molecule has 2 fully saturated rings. The Labute approximate surface area is 711 Å². The first-order valence-corrected chi connectivity index (χ1v) is 39.5. The van der Waals surface area contributed by atoms with Crippen molar-refractivity contribution < 1.29 is 132 Å². The molecule has 12 unspecified atom stereocenters. The third-order valence-electron chi connectivity index (χ3n) is 21.5. The molecule has 7 aromatic rings. The Bertz CT molecular complexity index is 5130. The molecular weight excluding hydrogens is 1660 g/mol. The van der Waals surface area contributed by atoms with Gasteiger partial charge in [-0.2, -0.15) is 0 Å². The number of aliphatic hydroxyl groups excluding tert-OH is 6. The van der Waals surface area contributed by atoms with E-state index < -0.39 is 254 Å². The number of phenols is 3. The van der Waals surface area contributed by atoms with Crippen molar-refractivity contribution in [2.75, 3.05) is 27.3 Å². The first-order chi connectivity index (χ1) is 57.9. The highest BCUT2D eigenvalue weighted by Crippen LogP contribution is 2.50. The van der Waals surface area contributed by atoms with Crippen molar-refractivity contribution in [2.45, 2.75) is 169 Å². The van der Waals surface area contributed by atoms with Crippen LogP contribution < -0.4 is 62.5 Å². The van der Waals surface area contributed by atoms with Gasteiger partial charge in [-0.1, -0.05) is 103 Å². The van der Waals surface area contributed by atoms with Gasteiger partial charge in [-0.15, -0.1) is 0 Å². The number of carboxylic acids is 1. The topological polar surface area (TPSA) is 552 Å². The van der Waals surface area contributed by atoms with Crippen molar-refractivity contribution in [1.29, 1.82) is 0 Å². The number of aliphatic hydroxyl groups is 6. The van der Waals surface area contributed by atoms with Crippen molar-refractivity contribution in [2.24, 2.45) is 11.7 Å². The van der Waals surface area contributed by atoms with Gasteiger partial charge in [-0.05, 0) is 139 Å². The molecule has 19 atom stereocenters. The van der Waals surface area contributed by atoms with Crippen LogP contribution in [-0.2, 0) is 73.4 Å². The molecule has 39 heteroatoms. The zero-order valence-corrected chi connectivity index (χ0v) is 68.2. The van der Waals surface area contributed by atoms with Crippen molar-refractivity contribution in [3.63, 3.8) is 0 Å². The van der Waals surface area contributed by atoms with E-state index in [1.807, 2.05) is 50.2 Å². The van der Waals surface area contributed by atoms with E-state index in [0.29, 0.717) is 10.6 Å². The molecule has 7 aliphatic rings. The van der Waals surface area contributed by atoms with Gasteiger partial charge < -0.3 is 137 Å². The van der Waals surface area contributed by atoms with E-state index in [9.17, 15) is 79.8 Å². The van der Waals surface area contributed by atoms with Crippen molar-refractivity contribution >= 4 is 88.1 Å². The van der Waals surface area contributed by atoms with Gasteiger partial charge in [0.1, 0.15) is 89.5 Å². The Morgan fingerprint density at radius 2 is 1.28 bits per heavy atom. The number of likely N-dealkylation sites (N-methyl/N-ethyl adjacent to an activating group) is 1. The van der Waals surface area contributed by atoms with E-state index in [1.165, 1.54) is 26.1 Å². The fraction of sp³-hybridized carbons (Fsp3) is 0.386. The molecule has 14 rings (SSSR count). The number of esters is 1. The molecule has 0 aliphatic carbocycles. The Kier molecular flexibility index (Phi) is 28.2. The maximum atomic E-state index is 16.2. The molecule has 20 N–H and O–H groups in total. The fourth-order valence-corrected chi connectivity index (χ4v) is 15.5. The number of carbonyl (C=O) groups excluding carboxylic acids is 8. The summed E-state index contributed by atoms with van der Waals surface area (Å²) in [6.45, 7) is 5.30. The molecule has 2 saturated heterocycles. The lowest BCUT2D eigenvalue weighted by Crippen LogP contribution is -2.66. The lowest BCUT2D eigenvalue weighted by molar-refractivity contribution is -0.334. The second-order valence-corrected chi connectivity index (χ2v) is 31.8. The van der Waals surface area contributed by atoms with Crippen LogP contribution >= 0.6 is 34.8 Å². The number of methoxy groups -OCH3 is 1. The molecule has 7 amide bonds. The summed E-state index contributed by atoms with van der Waals surface area (Å²) in [6.07, 6.45) is -21.0. The van der Waals surface area contributed by atoms with Gasteiger partial charge in [0.25, 0.3) is 0 Å². The number of phenolic OH excluding ortho intramolecular Hbond substituents is 3. The average Bonchev–Trinajstić information content (AvgIpc) is 0.764. The van der Waals surface area contributed by atoms with Gasteiger partial charge in [0, 0.05) is 46.3 Å². The molecule has 7 heterocycles. The van der Waals surface area contributed by atoms with E-state index >= 15 is 14.4 Å². The van der Waals surface area contributed by atoms with Crippen LogP contribution in [0.25, 0.3) is 22.3 Å². The van der Waals surface area contributed by atoms with Crippen LogP contribution in [0.15, 0.2) is 127 Å². The molecular formula is C83H90Cl3N9O27. The quantitative estimate of drug-likeness (QED) is 0.0455. The van der Waals surface area contributed by atoms with Crippen LogP contribution in [0.2, 0.25) is 15.1 Å². The number of halogens is 3. The number of carboxylic acid groups (broad SMARTS) is 1. The number of aliphatic carboxylic acids is 1. The van der Waals surface area contributed by atoms with Crippen LogP contribution in [0.3, 0.4) is 0 Å². The molecule has 122 heavy (non-hydrogen) atoms. The third-order valence-corrected chi connectivity index (χ3v) is 22.3. The first-order valence-electron chi connectivity index (χ1n) is 38.4. The highest BCUT2D eigenvalue weighted by molar-refractivity contribution is 6.32. The maximum Gasteiger partial charge on any atom is 0.336 e. The number of nitrogens with one attached hydrogen (secondary N) is 8. The fourth-order valence-electron chi connectivity index (χ4n) is 14.9. The van der Waals surface area contributed by atoms with E-state index in [2.05, 4.69) is 42.5 Å². The summed E-state index contributed by atoms with van der Waals surface area (Å²) < 4.78 is 50.7. The number of hydrogen-bond donors (Lipinski definition) is 19. The van der Waals surface area contributed by atoms with Crippen LogP contribution in [0.1, 0.15) is 111 Å². The molecule has 0 aromatic heterocycles. The number of rotatable bonds is 21. The Morgan fingerprint density at radius 1 is 0.672 bits per heavy atom. The molecule has 650 valence electrons. The van der Waals surface area contributed by atoms with E-state index in [0.717, 1.165) is 85.0 Å². The highest BCUT2D eigenvalue weighted by Gasteiger charge is 2.53. The van der Waals surface area contributed by atoms with Gasteiger partial charge in [-0.25, -0.2) is 9.59 Å². The van der Waals surface area contributed by atoms with Gasteiger partial charge in [0.15, 0.2) is 36.0 Å². The zero-order chi connectivity index (χ0) is 88.2. The summed E-state index contributed by atoms with van der Waals surface area (Å²) in [5.41, 5.74) is 3.77. The van der Waals surface area contributed by atoms with Crippen molar-refractivity contribution in [3.05, 3.63) is 176 Å².